The Morgan fingerprint density at radius 3 is 3.23 bits per heavy atom. The number of azide groups is 1. The Bertz CT molecular complexity index is 274. The van der Waals surface area contributed by atoms with Gasteiger partial charge < -0.3 is 10.1 Å². The number of nitrogens with zero attached hydrogens (tertiary/aromatic N) is 3. The molecule has 13 heavy (non-hydrogen) atoms. The molecule has 1 heterocycles. The van der Waals surface area contributed by atoms with E-state index < -0.39 is 6.09 Å². The summed E-state index contributed by atoms with van der Waals surface area (Å²) in [6.07, 6.45) is 2.14. The van der Waals surface area contributed by atoms with Gasteiger partial charge in [-0.3, -0.25) is 0 Å². The van der Waals surface area contributed by atoms with Gasteiger partial charge in [-0.05, 0) is 24.8 Å². The Balaban J connectivity index is 2.13. The molecular formula is C7H10N4O2. The highest BCUT2D eigenvalue weighted by molar-refractivity contribution is 5.70. The Hall–Kier alpha value is -1.42. The lowest BCUT2D eigenvalue weighted by Crippen LogP contribution is -2.44. The highest BCUT2D eigenvalue weighted by atomic mass is 16.6. The van der Waals surface area contributed by atoms with Crippen molar-refractivity contribution in [3.8, 4) is 0 Å². The number of hydrogen-bond donors (Lipinski definition) is 1. The van der Waals surface area contributed by atoms with Crippen LogP contribution >= 0.6 is 0 Å². The number of hydrogen-bond acceptors (Lipinski definition) is 3. The zero-order valence-electron chi connectivity index (χ0n) is 7.01. The first-order valence-corrected chi connectivity index (χ1v) is 4.32. The van der Waals surface area contributed by atoms with Gasteiger partial charge in [0.05, 0.1) is 12.1 Å². The highest BCUT2D eigenvalue weighted by Gasteiger charge is 2.41. The van der Waals surface area contributed by atoms with Crippen LogP contribution in [0.2, 0.25) is 0 Å². The van der Waals surface area contributed by atoms with Crippen molar-refractivity contribution >= 4 is 6.09 Å². The molecule has 1 aliphatic heterocycles. The minimum absolute atomic E-state index is 0.100. The molecule has 0 spiro atoms. The molecule has 0 unspecified atom stereocenters. The van der Waals surface area contributed by atoms with Gasteiger partial charge in [0.2, 0.25) is 0 Å². The van der Waals surface area contributed by atoms with Gasteiger partial charge >= 0.3 is 6.09 Å². The lowest BCUT2D eigenvalue weighted by molar-refractivity contribution is 0.108. The maximum atomic E-state index is 10.9. The quantitative estimate of drug-likeness (QED) is 0.376. The number of ether oxygens (including phenoxy) is 1. The van der Waals surface area contributed by atoms with Gasteiger partial charge in [-0.15, -0.1) is 0 Å². The smallest absolute Gasteiger partial charge is 0.407 e. The van der Waals surface area contributed by atoms with Crippen molar-refractivity contribution < 1.29 is 9.53 Å². The van der Waals surface area contributed by atoms with Gasteiger partial charge in [-0.25, -0.2) is 4.79 Å². The predicted octanol–water partition coefficient (Wildman–Crippen LogP) is 1.33. The standard InChI is InChI=1S/C7H10N4O2/c8-11-10-4-2-1-3-5-6(4)9-7(12)13-5/h4-6H,1-3H2,(H,9,12)/t4-,5-,6+/m0/s1. The molecule has 70 valence electrons. The molecule has 2 aliphatic rings. The fraction of sp³-hybridized carbons (Fsp3) is 0.857. The summed E-state index contributed by atoms with van der Waals surface area (Å²) in [5.41, 5.74) is 8.31. The number of carbonyl (C=O) groups excluding carboxylic acids is 1. The first-order valence-electron chi connectivity index (χ1n) is 4.32. The number of nitrogens with one attached hydrogen (secondary N) is 1. The predicted molar refractivity (Wildman–Crippen MR) is 44.0 cm³/mol. The van der Waals surface area contributed by atoms with E-state index >= 15 is 0 Å². The monoisotopic (exact) mass is 182 g/mol. The average Bonchev–Trinajstić information content (AvgIpc) is 2.47. The minimum Gasteiger partial charge on any atom is -0.444 e. The van der Waals surface area contributed by atoms with Crippen LogP contribution in [-0.2, 0) is 4.74 Å². The molecule has 0 aromatic rings. The van der Waals surface area contributed by atoms with Crippen molar-refractivity contribution in [2.24, 2.45) is 5.11 Å². The van der Waals surface area contributed by atoms with Gasteiger partial charge in [0.15, 0.2) is 0 Å². The number of amides is 1. The molecule has 2 rings (SSSR count). The van der Waals surface area contributed by atoms with Crippen LogP contribution in [0.25, 0.3) is 10.4 Å². The van der Waals surface area contributed by atoms with Gasteiger partial charge in [0.25, 0.3) is 0 Å². The number of alkyl carbamates (subject to hydrolysis) is 1. The Kier molecular flexibility index (Phi) is 1.98. The van der Waals surface area contributed by atoms with Crippen LogP contribution < -0.4 is 5.32 Å². The van der Waals surface area contributed by atoms with Gasteiger partial charge in [-0.1, -0.05) is 5.11 Å². The molecule has 1 aliphatic carbocycles. The lowest BCUT2D eigenvalue weighted by Gasteiger charge is -2.27. The number of carbonyl (C=O) groups is 1. The molecule has 3 atom stereocenters. The van der Waals surface area contributed by atoms with E-state index in [-0.39, 0.29) is 18.2 Å². The molecule has 2 fully saturated rings. The van der Waals surface area contributed by atoms with Crippen molar-refractivity contribution in [3.63, 3.8) is 0 Å². The van der Waals surface area contributed by atoms with E-state index in [0.29, 0.717) is 0 Å². The third-order valence-electron chi connectivity index (χ3n) is 2.55. The van der Waals surface area contributed by atoms with Gasteiger partial charge in [0, 0.05) is 4.91 Å². The SMILES string of the molecule is [N-]=[N+]=N[C@H]1CCC[C@@H]2OC(=O)N[C@H]12. The second-order valence-corrected chi connectivity index (χ2v) is 3.32. The normalized spacial score (nSPS) is 36.9. The van der Waals surface area contributed by atoms with E-state index in [4.69, 9.17) is 10.3 Å². The Morgan fingerprint density at radius 2 is 2.46 bits per heavy atom. The van der Waals surface area contributed by atoms with E-state index in [1.807, 2.05) is 0 Å². The average molecular weight is 182 g/mol. The van der Waals surface area contributed by atoms with E-state index in [0.717, 1.165) is 19.3 Å². The summed E-state index contributed by atoms with van der Waals surface area (Å²) in [4.78, 5) is 13.7. The van der Waals surface area contributed by atoms with Crippen LogP contribution in [0.4, 0.5) is 4.79 Å². The molecule has 1 saturated heterocycles. The van der Waals surface area contributed by atoms with Crippen LogP contribution in [0.15, 0.2) is 5.11 Å². The molecule has 1 N–H and O–H groups in total. The third-order valence-corrected chi connectivity index (χ3v) is 2.55. The molecule has 0 radical (unpaired) electrons. The maximum absolute atomic E-state index is 10.9. The number of rotatable bonds is 1. The molecule has 0 aromatic carbocycles. The Labute approximate surface area is 74.9 Å². The van der Waals surface area contributed by atoms with E-state index in [9.17, 15) is 4.79 Å². The van der Waals surface area contributed by atoms with Gasteiger partial charge in [-0.2, -0.15) is 0 Å². The minimum atomic E-state index is -0.393. The molecule has 6 heteroatoms. The van der Waals surface area contributed by atoms with Crippen molar-refractivity contribution in [2.75, 3.05) is 0 Å². The zero-order valence-corrected chi connectivity index (χ0v) is 7.01. The summed E-state index contributed by atoms with van der Waals surface area (Å²) in [5.74, 6) is 0. The van der Waals surface area contributed by atoms with Crippen molar-refractivity contribution in [2.45, 2.75) is 37.5 Å². The van der Waals surface area contributed by atoms with Crippen LogP contribution in [0, 0.1) is 0 Å². The van der Waals surface area contributed by atoms with Crippen molar-refractivity contribution in [1.82, 2.24) is 5.32 Å². The van der Waals surface area contributed by atoms with Crippen molar-refractivity contribution in [1.29, 1.82) is 0 Å². The first-order chi connectivity index (χ1) is 6.31. The van der Waals surface area contributed by atoms with Gasteiger partial charge in [0.1, 0.15) is 6.10 Å². The first kappa shape index (κ1) is 8.19. The molecule has 0 aromatic heterocycles. The second-order valence-electron chi connectivity index (χ2n) is 3.32. The molecule has 1 saturated carbocycles. The van der Waals surface area contributed by atoms with Crippen LogP contribution in [0.5, 0.6) is 0 Å². The van der Waals surface area contributed by atoms with Crippen molar-refractivity contribution in [3.05, 3.63) is 10.4 Å². The van der Waals surface area contributed by atoms with Crippen LogP contribution in [-0.4, -0.2) is 24.3 Å². The topological polar surface area (TPSA) is 87.1 Å². The largest absolute Gasteiger partial charge is 0.444 e. The third kappa shape index (κ3) is 1.40. The lowest BCUT2D eigenvalue weighted by atomic mass is 9.89. The van der Waals surface area contributed by atoms with E-state index in [1.54, 1.807) is 0 Å². The summed E-state index contributed by atoms with van der Waals surface area (Å²) in [6.45, 7) is 0. The molecular weight excluding hydrogens is 172 g/mol. The fourth-order valence-electron chi connectivity index (χ4n) is 1.96. The maximum Gasteiger partial charge on any atom is 0.407 e. The van der Waals surface area contributed by atoms with E-state index in [2.05, 4.69) is 15.3 Å². The molecule has 6 nitrogen and oxygen atoms in total. The summed E-state index contributed by atoms with van der Waals surface area (Å²) in [7, 11) is 0. The molecule has 1 amide bonds. The Morgan fingerprint density at radius 1 is 1.62 bits per heavy atom. The molecule has 0 bridgehead atoms. The summed E-state index contributed by atoms with van der Waals surface area (Å²) in [5, 5.41) is 6.31. The van der Waals surface area contributed by atoms with Crippen LogP contribution in [0.1, 0.15) is 19.3 Å². The summed E-state index contributed by atoms with van der Waals surface area (Å²) < 4.78 is 5.01. The zero-order chi connectivity index (χ0) is 9.26. The highest BCUT2D eigenvalue weighted by Crippen LogP contribution is 2.27. The number of fused-ring (bicyclic) bond motifs is 1. The summed E-state index contributed by atoms with van der Waals surface area (Å²) >= 11 is 0. The van der Waals surface area contributed by atoms with E-state index in [1.165, 1.54) is 0 Å². The second kappa shape index (κ2) is 3.14. The fourth-order valence-corrected chi connectivity index (χ4v) is 1.96. The summed E-state index contributed by atoms with van der Waals surface area (Å²) in [6, 6.07) is -0.257. The van der Waals surface area contributed by atoms with Crippen LogP contribution in [0.3, 0.4) is 0 Å².